The first-order chi connectivity index (χ1) is 11.6. The van der Waals surface area contributed by atoms with Crippen molar-refractivity contribution in [3.8, 4) is 11.5 Å². The fourth-order valence-corrected chi connectivity index (χ4v) is 2.27. The highest BCUT2D eigenvalue weighted by atomic mass is 35.5. The first-order valence-corrected chi connectivity index (χ1v) is 7.54. The van der Waals surface area contributed by atoms with E-state index in [4.69, 9.17) is 21.1 Å². The fraction of sp³-hybridized carbons (Fsp3) is 0.176. The van der Waals surface area contributed by atoms with Crippen molar-refractivity contribution in [3.63, 3.8) is 0 Å². The lowest BCUT2D eigenvalue weighted by atomic mass is 10.2. The van der Waals surface area contributed by atoms with E-state index in [1.807, 2.05) is 30.3 Å². The predicted octanol–water partition coefficient (Wildman–Crippen LogP) is 2.92. The largest absolute Gasteiger partial charge is 0.493 e. The number of carbonyl (C=O) groups is 1. The van der Waals surface area contributed by atoms with Gasteiger partial charge in [-0.05, 0) is 29.8 Å². The topological polar surface area (TPSA) is 72.0 Å². The van der Waals surface area contributed by atoms with Crippen LogP contribution in [-0.2, 0) is 4.79 Å². The second kappa shape index (κ2) is 8.79. The van der Waals surface area contributed by atoms with E-state index in [0.29, 0.717) is 22.1 Å². The Morgan fingerprint density at radius 2 is 1.96 bits per heavy atom. The van der Waals surface area contributed by atoms with Crippen molar-refractivity contribution in [3.05, 3.63) is 53.1 Å². The number of hydrogen-bond acceptors (Lipinski definition) is 5. The van der Waals surface area contributed by atoms with Crippen LogP contribution in [0.25, 0.3) is 0 Å². The van der Waals surface area contributed by atoms with Crippen LogP contribution >= 0.6 is 11.6 Å². The molecule has 0 fully saturated rings. The highest BCUT2D eigenvalue weighted by Gasteiger charge is 2.10. The van der Waals surface area contributed by atoms with Gasteiger partial charge in [0.2, 0.25) is 0 Å². The summed E-state index contributed by atoms with van der Waals surface area (Å²) in [5, 5.41) is 7.30. The number of carbonyl (C=O) groups excluding carboxylic acids is 1. The normalized spacial score (nSPS) is 10.5. The molecular formula is C17H18ClN3O3. The van der Waals surface area contributed by atoms with Gasteiger partial charge < -0.3 is 14.8 Å². The number of halogens is 1. The Balaban J connectivity index is 1.91. The van der Waals surface area contributed by atoms with Gasteiger partial charge in [-0.1, -0.05) is 29.8 Å². The summed E-state index contributed by atoms with van der Waals surface area (Å²) in [6.07, 6.45) is 1.48. The zero-order valence-electron chi connectivity index (χ0n) is 13.4. The molecule has 0 aliphatic carbocycles. The van der Waals surface area contributed by atoms with Gasteiger partial charge in [0.05, 0.1) is 32.0 Å². The fourth-order valence-electron chi connectivity index (χ4n) is 1.97. The van der Waals surface area contributed by atoms with Crippen molar-refractivity contribution in [2.24, 2.45) is 5.10 Å². The number of methoxy groups -OCH3 is 2. The number of hydrazone groups is 1. The molecule has 0 spiro atoms. The quantitative estimate of drug-likeness (QED) is 0.596. The molecule has 0 atom stereocenters. The number of para-hydroxylation sites is 1. The molecule has 7 heteroatoms. The van der Waals surface area contributed by atoms with E-state index in [2.05, 4.69) is 15.8 Å². The number of amides is 1. The molecule has 126 valence electrons. The Morgan fingerprint density at radius 3 is 2.62 bits per heavy atom. The van der Waals surface area contributed by atoms with Crippen LogP contribution in [0.5, 0.6) is 11.5 Å². The van der Waals surface area contributed by atoms with Crippen LogP contribution < -0.4 is 20.2 Å². The molecule has 2 N–H and O–H groups in total. The predicted molar refractivity (Wildman–Crippen MR) is 95.2 cm³/mol. The maximum absolute atomic E-state index is 11.7. The summed E-state index contributed by atoms with van der Waals surface area (Å²) in [4.78, 5) is 11.7. The van der Waals surface area contributed by atoms with Gasteiger partial charge in [-0.3, -0.25) is 4.79 Å². The molecule has 0 bridgehead atoms. The molecule has 0 aliphatic heterocycles. The molecule has 24 heavy (non-hydrogen) atoms. The highest BCUT2D eigenvalue weighted by Crippen LogP contribution is 2.35. The molecular weight excluding hydrogens is 330 g/mol. The second-order valence-corrected chi connectivity index (χ2v) is 5.16. The average molecular weight is 348 g/mol. The van der Waals surface area contributed by atoms with Crippen LogP contribution in [0.2, 0.25) is 5.02 Å². The standard InChI is InChI=1S/C17H18ClN3O3/c1-23-15-9-12(8-14(18)17(15)24-2)10-20-21-16(22)11-19-13-6-4-3-5-7-13/h3-10,19H,11H2,1-2H3,(H,21,22)/b20-10+. The van der Waals surface area contributed by atoms with Gasteiger partial charge in [0.25, 0.3) is 5.91 Å². The summed E-state index contributed by atoms with van der Waals surface area (Å²) in [6.45, 7) is 0.119. The third-order valence-corrected chi connectivity index (χ3v) is 3.37. The van der Waals surface area contributed by atoms with E-state index < -0.39 is 0 Å². The smallest absolute Gasteiger partial charge is 0.259 e. The van der Waals surface area contributed by atoms with Crippen LogP contribution in [0.4, 0.5) is 5.69 Å². The summed E-state index contributed by atoms with van der Waals surface area (Å²) < 4.78 is 10.4. The van der Waals surface area contributed by atoms with E-state index in [1.165, 1.54) is 20.4 Å². The minimum Gasteiger partial charge on any atom is -0.493 e. The first-order valence-electron chi connectivity index (χ1n) is 7.16. The molecule has 2 aromatic rings. The Hall–Kier alpha value is -2.73. The molecule has 2 aromatic carbocycles. The van der Waals surface area contributed by atoms with Crippen molar-refractivity contribution >= 4 is 29.4 Å². The van der Waals surface area contributed by atoms with Crippen LogP contribution in [0.3, 0.4) is 0 Å². The van der Waals surface area contributed by atoms with E-state index in [9.17, 15) is 4.79 Å². The molecule has 0 aromatic heterocycles. The molecule has 0 saturated carbocycles. The van der Waals surface area contributed by atoms with Gasteiger partial charge in [-0.2, -0.15) is 5.10 Å². The minimum atomic E-state index is -0.262. The number of nitrogens with zero attached hydrogens (tertiary/aromatic N) is 1. The van der Waals surface area contributed by atoms with Gasteiger partial charge in [0, 0.05) is 5.69 Å². The van der Waals surface area contributed by atoms with Crippen LogP contribution in [-0.4, -0.2) is 32.9 Å². The number of rotatable bonds is 7. The molecule has 1 amide bonds. The highest BCUT2D eigenvalue weighted by molar-refractivity contribution is 6.32. The third kappa shape index (κ3) is 4.89. The molecule has 0 radical (unpaired) electrons. The Bertz CT molecular complexity index is 721. The molecule has 0 saturated heterocycles. The summed E-state index contributed by atoms with van der Waals surface area (Å²) in [6, 6.07) is 12.8. The van der Waals surface area contributed by atoms with E-state index >= 15 is 0 Å². The van der Waals surface area contributed by atoms with Crippen molar-refractivity contribution in [2.75, 3.05) is 26.1 Å². The Kier molecular flexibility index (Phi) is 6.45. The SMILES string of the molecule is COc1cc(/C=N/NC(=O)CNc2ccccc2)cc(Cl)c1OC. The van der Waals surface area contributed by atoms with Crippen molar-refractivity contribution in [2.45, 2.75) is 0 Å². The van der Waals surface area contributed by atoms with Crippen LogP contribution in [0, 0.1) is 0 Å². The molecule has 0 heterocycles. The maximum Gasteiger partial charge on any atom is 0.259 e. The first kappa shape index (κ1) is 17.6. The zero-order valence-corrected chi connectivity index (χ0v) is 14.1. The minimum absolute atomic E-state index is 0.119. The average Bonchev–Trinajstić information content (AvgIpc) is 2.60. The number of benzene rings is 2. The molecule has 0 aliphatic rings. The van der Waals surface area contributed by atoms with Crippen LogP contribution in [0.15, 0.2) is 47.6 Å². The van der Waals surface area contributed by atoms with Crippen LogP contribution in [0.1, 0.15) is 5.56 Å². The third-order valence-electron chi connectivity index (χ3n) is 3.09. The number of nitrogens with one attached hydrogen (secondary N) is 2. The second-order valence-electron chi connectivity index (χ2n) is 4.75. The zero-order chi connectivity index (χ0) is 17.4. The molecule has 0 unspecified atom stereocenters. The van der Waals surface area contributed by atoms with Crippen molar-refractivity contribution < 1.29 is 14.3 Å². The van der Waals surface area contributed by atoms with E-state index in [-0.39, 0.29) is 12.5 Å². The summed E-state index contributed by atoms with van der Waals surface area (Å²) in [7, 11) is 3.03. The summed E-state index contributed by atoms with van der Waals surface area (Å²) in [5.41, 5.74) is 3.98. The van der Waals surface area contributed by atoms with Crippen molar-refractivity contribution in [1.29, 1.82) is 0 Å². The van der Waals surface area contributed by atoms with Crippen molar-refractivity contribution in [1.82, 2.24) is 5.43 Å². The van der Waals surface area contributed by atoms with E-state index in [1.54, 1.807) is 12.1 Å². The Morgan fingerprint density at radius 1 is 1.21 bits per heavy atom. The number of ether oxygens (including phenoxy) is 2. The number of anilines is 1. The van der Waals surface area contributed by atoms with Gasteiger partial charge in [-0.25, -0.2) is 5.43 Å². The Labute approximate surface area is 145 Å². The lowest BCUT2D eigenvalue weighted by molar-refractivity contribution is -0.119. The maximum atomic E-state index is 11.7. The lowest BCUT2D eigenvalue weighted by Gasteiger charge is -2.10. The lowest BCUT2D eigenvalue weighted by Crippen LogP contribution is -2.25. The monoisotopic (exact) mass is 347 g/mol. The van der Waals surface area contributed by atoms with Gasteiger partial charge in [-0.15, -0.1) is 0 Å². The van der Waals surface area contributed by atoms with Gasteiger partial charge in [0.15, 0.2) is 11.5 Å². The summed E-state index contributed by atoms with van der Waals surface area (Å²) >= 11 is 6.11. The number of hydrogen-bond donors (Lipinski definition) is 2. The van der Waals surface area contributed by atoms with Gasteiger partial charge >= 0.3 is 0 Å². The van der Waals surface area contributed by atoms with E-state index in [0.717, 1.165) is 5.69 Å². The molecule has 2 rings (SSSR count). The van der Waals surface area contributed by atoms with Gasteiger partial charge in [0.1, 0.15) is 0 Å². The molecule has 6 nitrogen and oxygen atoms in total. The summed E-state index contributed by atoms with van der Waals surface area (Å²) in [5.74, 6) is 0.678.